The molecule has 0 radical (unpaired) electrons. The van der Waals surface area contributed by atoms with E-state index in [9.17, 15) is 13.2 Å². The second-order valence-electron chi connectivity index (χ2n) is 6.17. The maximum absolute atomic E-state index is 12.3. The summed E-state index contributed by atoms with van der Waals surface area (Å²) < 4.78 is 28.2. The number of hydrogen-bond acceptors (Lipinski definition) is 4. The van der Waals surface area contributed by atoms with E-state index in [1.54, 1.807) is 12.1 Å². The molecule has 0 bridgehead atoms. The molecule has 1 saturated carbocycles. The zero-order valence-electron chi connectivity index (χ0n) is 14.2. The van der Waals surface area contributed by atoms with Gasteiger partial charge in [0.2, 0.25) is 15.9 Å². The van der Waals surface area contributed by atoms with Crippen molar-refractivity contribution in [3.8, 4) is 0 Å². The molecule has 0 atom stereocenters. The average Bonchev–Trinajstić information content (AvgIpc) is 3.37. The van der Waals surface area contributed by atoms with Crippen LogP contribution < -0.4 is 10.0 Å². The Bertz CT molecular complexity index is 928. The molecule has 138 valence electrons. The predicted molar refractivity (Wildman–Crippen MR) is 108 cm³/mol. The summed E-state index contributed by atoms with van der Waals surface area (Å²) in [6.45, 7) is 1.99. The van der Waals surface area contributed by atoms with Crippen molar-refractivity contribution in [3.05, 3.63) is 52.5 Å². The van der Waals surface area contributed by atoms with E-state index in [1.807, 2.05) is 25.1 Å². The minimum Gasteiger partial charge on any atom is -0.325 e. The van der Waals surface area contributed by atoms with Gasteiger partial charge in [0.15, 0.2) is 0 Å². The number of anilines is 1. The third-order valence-electron chi connectivity index (χ3n) is 3.82. The molecule has 26 heavy (non-hydrogen) atoms. The van der Waals surface area contributed by atoms with Gasteiger partial charge < -0.3 is 5.32 Å². The molecule has 5 nitrogen and oxygen atoms in total. The van der Waals surface area contributed by atoms with E-state index in [2.05, 4.69) is 26.0 Å². The summed E-state index contributed by atoms with van der Waals surface area (Å²) in [5, 5.41) is 2.76. The average molecular weight is 455 g/mol. The molecule has 1 fully saturated rings. The lowest BCUT2D eigenvalue weighted by Gasteiger charge is -2.10. The molecule has 2 aromatic rings. The Morgan fingerprint density at radius 3 is 2.69 bits per heavy atom. The quantitative estimate of drug-likeness (QED) is 0.621. The smallest absolute Gasteiger partial charge is 0.240 e. The maximum Gasteiger partial charge on any atom is 0.240 e. The molecule has 0 saturated heterocycles. The van der Waals surface area contributed by atoms with E-state index in [-0.39, 0.29) is 22.6 Å². The van der Waals surface area contributed by atoms with Gasteiger partial charge in [-0.2, -0.15) is 0 Å². The highest BCUT2D eigenvalue weighted by atomic mass is 79.9. The van der Waals surface area contributed by atoms with Gasteiger partial charge in [-0.15, -0.1) is 11.8 Å². The van der Waals surface area contributed by atoms with Gasteiger partial charge in [0.05, 0.1) is 10.6 Å². The minimum absolute atomic E-state index is 0.0452. The second-order valence-corrected chi connectivity index (χ2v) is 9.82. The third kappa shape index (κ3) is 5.33. The molecule has 1 aliphatic carbocycles. The molecule has 3 rings (SSSR count). The summed E-state index contributed by atoms with van der Waals surface area (Å²) >= 11 is 4.87. The lowest BCUT2D eigenvalue weighted by molar-refractivity contribution is -0.113. The molecule has 0 aliphatic heterocycles. The summed E-state index contributed by atoms with van der Waals surface area (Å²) in [4.78, 5) is 13.4. The van der Waals surface area contributed by atoms with Crippen LogP contribution in [0.15, 0.2) is 56.7 Å². The first-order chi connectivity index (χ1) is 12.3. The van der Waals surface area contributed by atoms with Crippen LogP contribution >= 0.6 is 27.7 Å². The van der Waals surface area contributed by atoms with E-state index >= 15 is 0 Å². The maximum atomic E-state index is 12.3. The fourth-order valence-electron chi connectivity index (χ4n) is 2.34. The van der Waals surface area contributed by atoms with Crippen LogP contribution in [0.25, 0.3) is 0 Å². The van der Waals surface area contributed by atoms with Crippen molar-refractivity contribution < 1.29 is 13.2 Å². The van der Waals surface area contributed by atoms with Gasteiger partial charge in [0.25, 0.3) is 0 Å². The lowest BCUT2D eigenvalue weighted by atomic mass is 10.2. The first-order valence-corrected chi connectivity index (χ1v) is 11.4. The predicted octanol–water partition coefficient (Wildman–Crippen LogP) is 3.93. The number of amides is 1. The summed E-state index contributed by atoms with van der Waals surface area (Å²) in [5.74, 6) is 0.0711. The molecule has 0 unspecified atom stereocenters. The standard InChI is InChI=1S/C18H19BrN2O3S2/c1-12-9-13(19)5-8-17(12)25-11-18(22)20-15-3-2-4-16(10-15)26(23,24)21-14-6-7-14/h2-5,8-10,14,21H,6-7,11H2,1H3,(H,20,22). The van der Waals surface area contributed by atoms with E-state index in [1.165, 1.54) is 23.9 Å². The normalized spacial score (nSPS) is 14.2. The van der Waals surface area contributed by atoms with Crippen molar-refractivity contribution in [2.45, 2.75) is 35.6 Å². The summed E-state index contributed by atoms with van der Waals surface area (Å²) in [5.41, 5.74) is 1.57. The van der Waals surface area contributed by atoms with Crippen molar-refractivity contribution in [1.29, 1.82) is 0 Å². The van der Waals surface area contributed by atoms with E-state index in [4.69, 9.17) is 0 Å². The Kier molecular flexibility index (Phi) is 6.06. The molecule has 0 spiro atoms. The molecular weight excluding hydrogens is 436 g/mol. The highest BCUT2D eigenvalue weighted by Gasteiger charge is 2.28. The zero-order chi connectivity index (χ0) is 18.7. The third-order valence-corrected chi connectivity index (χ3v) is 7.01. The number of carbonyl (C=O) groups excluding carboxylic acids is 1. The molecule has 2 N–H and O–H groups in total. The second kappa shape index (κ2) is 8.12. The van der Waals surface area contributed by atoms with Crippen molar-refractivity contribution in [1.82, 2.24) is 4.72 Å². The first-order valence-electron chi connectivity index (χ1n) is 8.15. The van der Waals surface area contributed by atoms with Gasteiger partial charge in [-0.3, -0.25) is 4.79 Å². The molecule has 0 heterocycles. The van der Waals surface area contributed by atoms with Gasteiger partial charge >= 0.3 is 0 Å². The Morgan fingerprint density at radius 2 is 2.00 bits per heavy atom. The van der Waals surface area contributed by atoms with Crippen LogP contribution in [-0.2, 0) is 14.8 Å². The summed E-state index contributed by atoms with van der Waals surface area (Å²) in [7, 11) is -3.53. The fraction of sp³-hybridized carbons (Fsp3) is 0.278. The Labute approximate surface area is 166 Å². The Hall–Kier alpha value is -1.35. The number of halogens is 1. The van der Waals surface area contributed by atoms with Gasteiger partial charge in [-0.05, 0) is 61.7 Å². The van der Waals surface area contributed by atoms with Gasteiger partial charge in [0, 0.05) is 21.1 Å². The minimum atomic E-state index is -3.53. The SMILES string of the molecule is Cc1cc(Br)ccc1SCC(=O)Nc1cccc(S(=O)(=O)NC2CC2)c1. The van der Waals surface area contributed by atoms with Crippen molar-refractivity contribution in [3.63, 3.8) is 0 Å². The topological polar surface area (TPSA) is 75.3 Å². The number of benzene rings is 2. The Morgan fingerprint density at radius 1 is 1.23 bits per heavy atom. The van der Waals surface area contributed by atoms with Crippen LogP contribution in [0, 0.1) is 6.92 Å². The van der Waals surface area contributed by atoms with E-state index in [0.717, 1.165) is 27.8 Å². The highest BCUT2D eigenvalue weighted by Crippen LogP contribution is 2.26. The van der Waals surface area contributed by atoms with Crippen molar-refractivity contribution in [2.24, 2.45) is 0 Å². The number of rotatable bonds is 7. The zero-order valence-corrected chi connectivity index (χ0v) is 17.4. The fourth-order valence-corrected chi connectivity index (χ4v) is 4.98. The van der Waals surface area contributed by atoms with Crippen molar-refractivity contribution in [2.75, 3.05) is 11.1 Å². The van der Waals surface area contributed by atoms with Crippen LogP contribution in [-0.4, -0.2) is 26.1 Å². The summed E-state index contributed by atoms with van der Waals surface area (Å²) in [6, 6.07) is 12.3. The van der Waals surface area contributed by atoms with Crippen LogP contribution in [0.1, 0.15) is 18.4 Å². The van der Waals surface area contributed by atoms with Gasteiger partial charge in [0.1, 0.15) is 0 Å². The monoisotopic (exact) mass is 454 g/mol. The molecule has 8 heteroatoms. The van der Waals surface area contributed by atoms with Crippen LogP contribution in [0.3, 0.4) is 0 Å². The first kappa shape index (κ1) is 19.4. The number of thioether (sulfide) groups is 1. The number of sulfonamides is 1. The van der Waals surface area contributed by atoms with E-state index in [0.29, 0.717) is 5.69 Å². The largest absolute Gasteiger partial charge is 0.325 e. The van der Waals surface area contributed by atoms with Crippen LogP contribution in [0.2, 0.25) is 0 Å². The van der Waals surface area contributed by atoms with Crippen LogP contribution in [0.5, 0.6) is 0 Å². The summed E-state index contributed by atoms with van der Waals surface area (Å²) in [6.07, 6.45) is 1.75. The van der Waals surface area contributed by atoms with E-state index < -0.39 is 10.0 Å². The molecule has 1 aliphatic rings. The Balaban J connectivity index is 1.61. The number of hydrogen-bond donors (Lipinski definition) is 2. The molecular formula is C18H19BrN2O3S2. The van der Waals surface area contributed by atoms with Gasteiger partial charge in [-0.25, -0.2) is 13.1 Å². The van der Waals surface area contributed by atoms with Gasteiger partial charge in [-0.1, -0.05) is 22.0 Å². The number of nitrogens with one attached hydrogen (secondary N) is 2. The molecule has 2 aromatic carbocycles. The van der Waals surface area contributed by atoms with Crippen LogP contribution in [0.4, 0.5) is 5.69 Å². The molecule has 0 aromatic heterocycles. The molecule has 1 amide bonds. The number of aryl methyl sites for hydroxylation is 1. The number of carbonyl (C=O) groups is 1. The highest BCUT2D eigenvalue weighted by molar-refractivity contribution is 9.10. The lowest BCUT2D eigenvalue weighted by Crippen LogP contribution is -2.25. The van der Waals surface area contributed by atoms with Crippen molar-refractivity contribution >= 4 is 49.3 Å².